The summed E-state index contributed by atoms with van der Waals surface area (Å²) in [5.74, 6) is 1.69. The molecule has 5 heteroatoms. The van der Waals surface area contributed by atoms with Crippen molar-refractivity contribution >= 4 is 28.2 Å². The summed E-state index contributed by atoms with van der Waals surface area (Å²) in [6, 6.07) is 2.01. The molecule has 0 radical (unpaired) electrons. The summed E-state index contributed by atoms with van der Waals surface area (Å²) in [4.78, 5) is 25.9. The van der Waals surface area contributed by atoms with Crippen molar-refractivity contribution in [3.05, 3.63) is 36.3 Å². The highest BCUT2D eigenvalue weighted by Gasteiger charge is 2.15. The van der Waals surface area contributed by atoms with Gasteiger partial charge in [-0.05, 0) is 38.3 Å². The number of carbonyl (C=O) groups is 1. The molecule has 1 N–H and O–H groups in total. The number of nitrogens with one attached hydrogen (secondary N) is 1. The van der Waals surface area contributed by atoms with E-state index in [4.69, 9.17) is 0 Å². The van der Waals surface area contributed by atoms with Gasteiger partial charge in [-0.1, -0.05) is 6.58 Å². The molecule has 0 atom stereocenters. The summed E-state index contributed by atoms with van der Waals surface area (Å²) in [6.45, 7) is 9.43. The van der Waals surface area contributed by atoms with Gasteiger partial charge in [0.05, 0.1) is 17.2 Å². The number of Topliss-reactive ketones (excluding diaryl/α,β-unsaturated/α-hetero) is 1. The van der Waals surface area contributed by atoms with Gasteiger partial charge in [-0.25, -0.2) is 9.97 Å². The van der Waals surface area contributed by atoms with Crippen molar-refractivity contribution in [2.45, 2.75) is 26.7 Å². The lowest BCUT2D eigenvalue weighted by Gasteiger charge is -2.15. The number of hydrogen-bond acceptors (Lipinski definition) is 4. The first-order chi connectivity index (χ1) is 10.5. The minimum atomic E-state index is 0.0373. The number of hydrogen-bond donors (Lipinski definition) is 1. The number of imidazole rings is 1. The molecule has 22 heavy (non-hydrogen) atoms. The zero-order chi connectivity index (χ0) is 15.7. The fourth-order valence-corrected chi connectivity index (χ4v) is 2.60. The Hall–Kier alpha value is -2.43. The minimum Gasteiger partial charge on any atom is -0.357 e. The van der Waals surface area contributed by atoms with Crippen molar-refractivity contribution in [1.29, 1.82) is 0 Å². The van der Waals surface area contributed by atoms with Crippen LogP contribution >= 0.6 is 0 Å². The average molecular weight is 296 g/mol. The van der Waals surface area contributed by atoms with Crippen LogP contribution in [0.3, 0.4) is 0 Å². The second-order valence-electron chi connectivity index (χ2n) is 5.75. The van der Waals surface area contributed by atoms with E-state index < -0.39 is 0 Å². The van der Waals surface area contributed by atoms with Crippen molar-refractivity contribution in [2.75, 3.05) is 18.0 Å². The largest absolute Gasteiger partial charge is 0.357 e. The Bertz CT molecular complexity index is 766. The van der Waals surface area contributed by atoms with Gasteiger partial charge in [0.1, 0.15) is 11.6 Å². The number of anilines is 1. The maximum atomic E-state index is 11.3. The molecular formula is C17H20N4O. The number of rotatable bonds is 4. The van der Waals surface area contributed by atoms with Crippen LogP contribution in [0.4, 0.5) is 5.82 Å². The highest BCUT2D eigenvalue weighted by Crippen LogP contribution is 2.23. The molecule has 1 aliphatic heterocycles. The molecule has 3 heterocycles. The molecule has 0 aromatic carbocycles. The lowest BCUT2D eigenvalue weighted by atomic mass is 10.1. The maximum Gasteiger partial charge on any atom is 0.155 e. The number of carbonyl (C=O) groups excluding carboxylic acids is 1. The van der Waals surface area contributed by atoms with Crippen molar-refractivity contribution in [3.63, 3.8) is 0 Å². The average Bonchev–Trinajstić information content (AvgIpc) is 3.15. The van der Waals surface area contributed by atoms with E-state index in [1.807, 2.05) is 12.3 Å². The molecule has 1 saturated heterocycles. The molecule has 0 saturated carbocycles. The Morgan fingerprint density at radius 3 is 2.77 bits per heavy atom. The molecule has 2 aromatic rings. The molecule has 5 nitrogen and oxygen atoms in total. The van der Waals surface area contributed by atoms with Gasteiger partial charge in [0, 0.05) is 24.7 Å². The highest BCUT2D eigenvalue weighted by atomic mass is 16.1. The quantitative estimate of drug-likeness (QED) is 0.695. The van der Waals surface area contributed by atoms with Crippen molar-refractivity contribution in [2.24, 2.45) is 0 Å². The Morgan fingerprint density at radius 2 is 2.09 bits per heavy atom. The summed E-state index contributed by atoms with van der Waals surface area (Å²) in [5, 5.41) is 0. The van der Waals surface area contributed by atoms with Crippen LogP contribution in [-0.2, 0) is 4.79 Å². The lowest BCUT2D eigenvalue weighted by Crippen LogP contribution is -2.18. The van der Waals surface area contributed by atoms with Crippen LogP contribution in [0.15, 0.2) is 30.5 Å². The van der Waals surface area contributed by atoms with Gasteiger partial charge in [0.15, 0.2) is 5.78 Å². The molecule has 0 aliphatic carbocycles. The third-order valence-corrected chi connectivity index (χ3v) is 4.03. The van der Waals surface area contributed by atoms with E-state index in [0.717, 1.165) is 29.9 Å². The summed E-state index contributed by atoms with van der Waals surface area (Å²) < 4.78 is 0. The van der Waals surface area contributed by atoms with Gasteiger partial charge in [0.2, 0.25) is 0 Å². The monoisotopic (exact) mass is 296 g/mol. The maximum absolute atomic E-state index is 11.3. The Balaban J connectivity index is 1.91. The molecule has 3 rings (SSSR count). The fourth-order valence-electron chi connectivity index (χ4n) is 2.60. The molecule has 1 aliphatic rings. The smallest absolute Gasteiger partial charge is 0.155 e. The number of pyridine rings is 1. The summed E-state index contributed by atoms with van der Waals surface area (Å²) >= 11 is 0. The number of fused-ring (bicyclic) bond motifs is 1. The van der Waals surface area contributed by atoms with E-state index in [2.05, 4.69) is 26.4 Å². The Morgan fingerprint density at radius 1 is 1.36 bits per heavy atom. The zero-order valence-electron chi connectivity index (χ0n) is 13.0. The molecule has 0 spiro atoms. The summed E-state index contributed by atoms with van der Waals surface area (Å²) in [6.07, 6.45) is 6.01. The molecule has 2 aromatic heterocycles. The number of H-pyrrole nitrogens is 1. The van der Waals surface area contributed by atoms with Crippen molar-refractivity contribution in [1.82, 2.24) is 15.0 Å². The molecule has 0 bridgehead atoms. The predicted octanol–water partition coefficient (Wildman–Crippen LogP) is 3.11. The van der Waals surface area contributed by atoms with Gasteiger partial charge in [-0.3, -0.25) is 4.79 Å². The van der Waals surface area contributed by atoms with Gasteiger partial charge >= 0.3 is 0 Å². The first-order valence-electron chi connectivity index (χ1n) is 7.54. The molecule has 114 valence electrons. The van der Waals surface area contributed by atoms with Crippen molar-refractivity contribution in [3.8, 4) is 0 Å². The van der Waals surface area contributed by atoms with Gasteiger partial charge in [0.25, 0.3) is 0 Å². The normalized spacial score (nSPS) is 15.5. The lowest BCUT2D eigenvalue weighted by molar-refractivity contribution is -0.113. The predicted molar refractivity (Wildman–Crippen MR) is 88.8 cm³/mol. The second kappa shape index (κ2) is 5.75. The van der Waals surface area contributed by atoms with Gasteiger partial charge in [-0.2, -0.15) is 0 Å². The Labute approximate surface area is 129 Å². The fraction of sp³-hybridized carbons (Fsp3) is 0.353. The summed E-state index contributed by atoms with van der Waals surface area (Å²) in [5.41, 5.74) is 3.13. The third kappa shape index (κ3) is 2.79. The van der Waals surface area contributed by atoms with Crippen LogP contribution in [0.2, 0.25) is 0 Å². The van der Waals surface area contributed by atoms with Crippen LogP contribution in [0.25, 0.3) is 16.6 Å². The van der Waals surface area contributed by atoms with Crippen LogP contribution in [0.5, 0.6) is 0 Å². The Kier molecular flexibility index (Phi) is 3.79. The first kappa shape index (κ1) is 14.5. The first-order valence-corrected chi connectivity index (χ1v) is 7.54. The van der Waals surface area contributed by atoms with E-state index in [1.165, 1.54) is 12.8 Å². The van der Waals surface area contributed by atoms with E-state index >= 15 is 0 Å². The van der Waals surface area contributed by atoms with Gasteiger partial charge < -0.3 is 9.88 Å². The SMILES string of the molecule is C=C(/C=C(\C)C(C)=O)c1nc2cc(N3CCCC3)ncc2[nH]1. The number of nitrogens with zero attached hydrogens (tertiary/aromatic N) is 3. The summed E-state index contributed by atoms with van der Waals surface area (Å²) in [7, 11) is 0. The third-order valence-electron chi connectivity index (χ3n) is 4.03. The van der Waals surface area contributed by atoms with Gasteiger partial charge in [-0.15, -0.1) is 0 Å². The second-order valence-corrected chi connectivity index (χ2v) is 5.75. The number of allylic oxidation sites excluding steroid dienone is 3. The zero-order valence-corrected chi connectivity index (χ0v) is 13.0. The topological polar surface area (TPSA) is 61.9 Å². The van der Waals surface area contributed by atoms with E-state index in [9.17, 15) is 4.79 Å². The molecular weight excluding hydrogens is 276 g/mol. The van der Waals surface area contributed by atoms with Crippen molar-refractivity contribution < 1.29 is 4.79 Å². The van der Waals surface area contributed by atoms with E-state index in [0.29, 0.717) is 17.0 Å². The van der Waals surface area contributed by atoms with Crippen LogP contribution in [0, 0.1) is 0 Å². The van der Waals surface area contributed by atoms with Crippen LogP contribution < -0.4 is 4.90 Å². The van der Waals surface area contributed by atoms with Crippen LogP contribution in [-0.4, -0.2) is 33.8 Å². The number of aromatic nitrogens is 3. The minimum absolute atomic E-state index is 0.0373. The molecule has 0 amide bonds. The molecule has 1 fully saturated rings. The number of ketones is 1. The molecule has 0 unspecified atom stereocenters. The van der Waals surface area contributed by atoms with Crippen LogP contribution in [0.1, 0.15) is 32.5 Å². The van der Waals surface area contributed by atoms with E-state index in [1.54, 1.807) is 19.9 Å². The van der Waals surface area contributed by atoms with E-state index in [-0.39, 0.29) is 5.78 Å². The number of aromatic amines is 1. The highest BCUT2D eigenvalue weighted by molar-refractivity contribution is 5.95. The standard InChI is InChI=1S/C17H20N4O/c1-11(13(3)22)8-12(2)17-19-14-9-16(18-10-15(14)20-17)21-6-4-5-7-21/h8-10H,2,4-7H2,1,3H3,(H,19,20)/b11-8+.